The fourth-order valence-electron chi connectivity index (χ4n) is 3.06. The van der Waals surface area contributed by atoms with Gasteiger partial charge in [0.15, 0.2) is 5.78 Å². The molecule has 3 nitrogen and oxygen atoms in total. The first-order valence-electron chi connectivity index (χ1n) is 8.34. The summed E-state index contributed by atoms with van der Waals surface area (Å²) in [5, 5.41) is 4.76. The Kier molecular flexibility index (Phi) is 4.72. The number of carbonyl (C=O) groups is 1. The Morgan fingerprint density at radius 1 is 1.13 bits per heavy atom. The summed E-state index contributed by atoms with van der Waals surface area (Å²) in [7, 11) is 2.06. The number of benzene rings is 1. The molecule has 0 spiro atoms. The van der Waals surface area contributed by atoms with E-state index < -0.39 is 0 Å². The lowest BCUT2D eigenvalue weighted by atomic mass is 9.83. The topological polar surface area (TPSA) is 34.0 Å². The average Bonchev–Trinajstić information content (AvgIpc) is 2.72. The maximum atomic E-state index is 12.9. The van der Waals surface area contributed by atoms with Gasteiger partial charge in [0, 0.05) is 35.1 Å². The lowest BCUT2D eigenvalue weighted by Gasteiger charge is -2.31. The van der Waals surface area contributed by atoms with Crippen LogP contribution in [-0.2, 0) is 18.3 Å². The maximum Gasteiger partial charge on any atom is 0.155 e. The molecule has 1 heterocycles. The highest BCUT2D eigenvalue weighted by molar-refractivity contribution is 5.90. The van der Waals surface area contributed by atoms with Gasteiger partial charge in [-0.25, -0.2) is 0 Å². The van der Waals surface area contributed by atoms with Gasteiger partial charge in [-0.15, -0.1) is 0 Å². The third kappa shape index (κ3) is 4.23. The van der Waals surface area contributed by atoms with E-state index in [9.17, 15) is 4.79 Å². The van der Waals surface area contributed by atoms with Crippen molar-refractivity contribution in [2.45, 2.75) is 59.5 Å². The van der Waals surface area contributed by atoms with Gasteiger partial charge >= 0.3 is 0 Å². The summed E-state index contributed by atoms with van der Waals surface area (Å²) in [4.78, 5) is 12.9. The first-order chi connectivity index (χ1) is 10.5. The summed E-state index contributed by atoms with van der Waals surface area (Å²) in [6.07, 6.45) is 2.87. The van der Waals surface area contributed by atoms with E-state index >= 15 is 0 Å². The molecule has 2 rings (SSSR count). The van der Waals surface area contributed by atoms with Crippen molar-refractivity contribution in [3.8, 4) is 0 Å². The van der Waals surface area contributed by atoms with Crippen LogP contribution < -0.4 is 5.32 Å². The van der Waals surface area contributed by atoms with Crippen molar-refractivity contribution in [3.63, 3.8) is 0 Å². The van der Waals surface area contributed by atoms with Crippen molar-refractivity contribution in [1.29, 1.82) is 0 Å². The van der Waals surface area contributed by atoms with Gasteiger partial charge in [-0.05, 0) is 38.8 Å². The molecule has 1 atom stereocenters. The van der Waals surface area contributed by atoms with Crippen molar-refractivity contribution < 1.29 is 4.79 Å². The van der Waals surface area contributed by atoms with Gasteiger partial charge in [-0.3, -0.25) is 4.79 Å². The summed E-state index contributed by atoms with van der Waals surface area (Å²) in [6.45, 7) is 12.3. The minimum atomic E-state index is -0.354. The smallest absolute Gasteiger partial charge is 0.155 e. The number of rotatable bonds is 4. The third-order valence-corrected chi connectivity index (χ3v) is 4.07. The van der Waals surface area contributed by atoms with E-state index in [-0.39, 0.29) is 22.8 Å². The van der Waals surface area contributed by atoms with Crippen molar-refractivity contribution >= 4 is 16.7 Å². The maximum absolute atomic E-state index is 12.9. The monoisotopic (exact) mass is 314 g/mol. The molecule has 0 saturated heterocycles. The van der Waals surface area contributed by atoms with Crippen LogP contribution in [0.4, 0.5) is 0 Å². The summed E-state index contributed by atoms with van der Waals surface area (Å²) in [5.41, 5.74) is 1.98. The van der Waals surface area contributed by atoms with Crippen LogP contribution in [0.1, 0.15) is 47.1 Å². The highest BCUT2D eigenvalue weighted by atomic mass is 16.1. The first kappa shape index (κ1) is 17.7. The standard InChI is InChI=1S/C20H30N2O/c1-19(2,3)18(23)16(21-20(4,5)6)12-14-13-22(7)17-11-9-8-10-15(14)17/h8-11,13,16,21H,12H2,1-7H3/t16-/m0/s1. The van der Waals surface area contributed by atoms with E-state index in [1.165, 1.54) is 16.5 Å². The number of nitrogens with zero attached hydrogens (tertiary/aromatic N) is 1. The molecular formula is C20H30N2O. The van der Waals surface area contributed by atoms with Crippen LogP contribution in [-0.4, -0.2) is 21.9 Å². The number of aryl methyl sites for hydroxylation is 1. The Balaban J connectivity index is 2.38. The lowest BCUT2D eigenvalue weighted by Crippen LogP contribution is -2.51. The molecule has 0 saturated carbocycles. The van der Waals surface area contributed by atoms with Crippen LogP contribution in [0, 0.1) is 5.41 Å². The highest BCUT2D eigenvalue weighted by Crippen LogP contribution is 2.25. The molecule has 0 radical (unpaired) electrons. The van der Waals surface area contributed by atoms with Gasteiger partial charge in [0.1, 0.15) is 0 Å². The summed E-state index contributed by atoms with van der Waals surface area (Å²) in [5.74, 6) is 0.264. The molecule has 0 aliphatic heterocycles. The van der Waals surface area contributed by atoms with E-state index in [0.29, 0.717) is 6.42 Å². The normalized spacial score (nSPS) is 14.2. The van der Waals surface area contributed by atoms with Gasteiger partial charge in [0.2, 0.25) is 0 Å². The lowest BCUT2D eigenvalue weighted by molar-refractivity contribution is -0.128. The van der Waals surface area contributed by atoms with E-state index in [1.807, 2.05) is 20.8 Å². The second-order valence-corrected chi connectivity index (χ2v) is 8.55. The molecule has 2 aromatic rings. The summed E-state index contributed by atoms with van der Waals surface area (Å²) in [6, 6.07) is 8.19. The molecule has 0 bridgehead atoms. The number of aromatic nitrogens is 1. The molecule has 0 aliphatic carbocycles. The SMILES string of the molecule is Cn1cc(C[C@H](NC(C)(C)C)C(=O)C(C)(C)C)c2ccccc21. The van der Waals surface area contributed by atoms with E-state index in [1.54, 1.807) is 0 Å². The Labute approximate surface area is 140 Å². The second kappa shape index (κ2) is 6.12. The van der Waals surface area contributed by atoms with Gasteiger partial charge in [-0.2, -0.15) is 0 Å². The fraction of sp³-hybridized carbons (Fsp3) is 0.550. The molecule has 3 heteroatoms. The molecule has 0 fully saturated rings. The number of para-hydroxylation sites is 1. The van der Waals surface area contributed by atoms with Crippen molar-refractivity contribution in [3.05, 3.63) is 36.0 Å². The molecule has 0 unspecified atom stereocenters. The molecule has 0 aliphatic rings. The minimum Gasteiger partial charge on any atom is -0.350 e. The molecule has 0 amide bonds. The zero-order valence-electron chi connectivity index (χ0n) is 15.5. The number of hydrogen-bond acceptors (Lipinski definition) is 2. The predicted molar refractivity (Wildman–Crippen MR) is 97.8 cm³/mol. The average molecular weight is 314 g/mol. The largest absolute Gasteiger partial charge is 0.350 e. The Morgan fingerprint density at radius 2 is 1.74 bits per heavy atom. The van der Waals surface area contributed by atoms with E-state index in [2.05, 4.69) is 68.2 Å². The van der Waals surface area contributed by atoms with Crippen LogP contribution in [0.25, 0.3) is 10.9 Å². The van der Waals surface area contributed by atoms with Crippen molar-refractivity contribution in [1.82, 2.24) is 9.88 Å². The van der Waals surface area contributed by atoms with Crippen LogP contribution in [0.5, 0.6) is 0 Å². The molecule has 1 N–H and O–H groups in total. The van der Waals surface area contributed by atoms with Gasteiger partial charge in [0.05, 0.1) is 6.04 Å². The number of Topliss-reactive ketones (excluding diaryl/α,β-unsaturated/α-hetero) is 1. The second-order valence-electron chi connectivity index (χ2n) is 8.55. The number of nitrogens with one attached hydrogen (secondary N) is 1. The molecule has 23 heavy (non-hydrogen) atoms. The molecule has 126 valence electrons. The van der Waals surface area contributed by atoms with Crippen molar-refractivity contribution in [2.75, 3.05) is 0 Å². The highest BCUT2D eigenvalue weighted by Gasteiger charge is 2.32. The van der Waals surface area contributed by atoms with Crippen LogP contribution in [0.2, 0.25) is 0 Å². The summed E-state index contributed by atoms with van der Waals surface area (Å²) >= 11 is 0. The number of fused-ring (bicyclic) bond motifs is 1. The van der Waals surface area contributed by atoms with Crippen LogP contribution >= 0.6 is 0 Å². The van der Waals surface area contributed by atoms with Gasteiger partial charge in [-0.1, -0.05) is 39.0 Å². The summed E-state index contributed by atoms with van der Waals surface area (Å²) < 4.78 is 2.14. The third-order valence-electron chi connectivity index (χ3n) is 4.07. The van der Waals surface area contributed by atoms with Crippen LogP contribution in [0.15, 0.2) is 30.5 Å². The zero-order valence-corrected chi connectivity index (χ0v) is 15.5. The van der Waals surface area contributed by atoms with E-state index in [0.717, 1.165) is 0 Å². The molecule has 1 aromatic carbocycles. The predicted octanol–water partition coefficient (Wildman–Crippen LogP) is 4.09. The molecule has 1 aromatic heterocycles. The zero-order chi connectivity index (χ0) is 17.4. The van der Waals surface area contributed by atoms with Crippen molar-refractivity contribution in [2.24, 2.45) is 12.5 Å². The van der Waals surface area contributed by atoms with E-state index in [4.69, 9.17) is 0 Å². The first-order valence-corrected chi connectivity index (χ1v) is 8.34. The number of ketones is 1. The fourth-order valence-corrected chi connectivity index (χ4v) is 3.06. The Morgan fingerprint density at radius 3 is 2.30 bits per heavy atom. The minimum absolute atomic E-state index is 0.101. The number of carbonyl (C=O) groups excluding carboxylic acids is 1. The number of hydrogen-bond donors (Lipinski definition) is 1. The quantitative estimate of drug-likeness (QED) is 0.922. The van der Waals surface area contributed by atoms with Crippen LogP contribution in [0.3, 0.4) is 0 Å². The Bertz CT molecular complexity index is 698. The van der Waals surface area contributed by atoms with Gasteiger partial charge < -0.3 is 9.88 Å². The van der Waals surface area contributed by atoms with Gasteiger partial charge in [0.25, 0.3) is 0 Å². The Hall–Kier alpha value is -1.61. The molecular weight excluding hydrogens is 284 g/mol.